The van der Waals surface area contributed by atoms with Crippen LogP contribution in [0, 0.1) is 6.92 Å². The molecule has 0 spiro atoms. The molecule has 0 atom stereocenters. The monoisotopic (exact) mass is 251 g/mol. The number of hydrogen-bond acceptors (Lipinski definition) is 1. The van der Waals surface area contributed by atoms with Gasteiger partial charge in [0.2, 0.25) is 0 Å². The highest BCUT2D eigenvalue weighted by atomic mass is 16.4. The standard InChI is InChI=1S/C16H13NO2/c1-10-3-2-4-13-9-14(17-15(10)13)11-5-7-12(8-6-11)16(18)19/h2-9,17H,1H3,(H,18,19). The molecule has 1 aromatic heterocycles. The average Bonchev–Trinajstić information content (AvgIpc) is 2.84. The van der Waals surface area contributed by atoms with Crippen molar-refractivity contribution in [2.75, 3.05) is 0 Å². The summed E-state index contributed by atoms with van der Waals surface area (Å²) >= 11 is 0. The zero-order valence-corrected chi connectivity index (χ0v) is 10.5. The third-order valence-corrected chi connectivity index (χ3v) is 3.31. The van der Waals surface area contributed by atoms with E-state index >= 15 is 0 Å². The molecule has 0 unspecified atom stereocenters. The molecule has 3 rings (SSSR count). The first-order valence-electron chi connectivity index (χ1n) is 6.07. The molecule has 0 radical (unpaired) electrons. The Morgan fingerprint density at radius 2 is 1.84 bits per heavy atom. The number of rotatable bonds is 2. The molecule has 0 saturated heterocycles. The summed E-state index contributed by atoms with van der Waals surface area (Å²) in [6.45, 7) is 2.07. The van der Waals surface area contributed by atoms with E-state index in [1.807, 2.05) is 18.2 Å². The molecule has 0 saturated carbocycles. The minimum absolute atomic E-state index is 0.302. The van der Waals surface area contributed by atoms with Crippen LogP contribution in [-0.2, 0) is 0 Å². The van der Waals surface area contributed by atoms with Crippen molar-refractivity contribution in [1.82, 2.24) is 4.98 Å². The molecule has 2 aromatic carbocycles. The smallest absolute Gasteiger partial charge is 0.335 e. The minimum Gasteiger partial charge on any atom is -0.478 e. The van der Waals surface area contributed by atoms with Crippen molar-refractivity contribution in [3.63, 3.8) is 0 Å². The van der Waals surface area contributed by atoms with Gasteiger partial charge in [-0.2, -0.15) is 0 Å². The highest BCUT2D eigenvalue weighted by molar-refractivity contribution is 5.90. The van der Waals surface area contributed by atoms with Crippen molar-refractivity contribution >= 4 is 16.9 Å². The van der Waals surface area contributed by atoms with E-state index in [0.29, 0.717) is 5.56 Å². The fourth-order valence-electron chi connectivity index (χ4n) is 2.26. The molecule has 0 aliphatic rings. The summed E-state index contributed by atoms with van der Waals surface area (Å²) in [4.78, 5) is 14.2. The van der Waals surface area contributed by atoms with Gasteiger partial charge < -0.3 is 10.1 Å². The highest BCUT2D eigenvalue weighted by Gasteiger charge is 2.06. The van der Waals surface area contributed by atoms with Crippen molar-refractivity contribution in [2.24, 2.45) is 0 Å². The number of hydrogen-bond donors (Lipinski definition) is 2. The molecule has 0 amide bonds. The summed E-state index contributed by atoms with van der Waals surface area (Å²) in [6.07, 6.45) is 0. The highest BCUT2D eigenvalue weighted by Crippen LogP contribution is 2.26. The first-order valence-corrected chi connectivity index (χ1v) is 6.07. The topological polar surface area (TPSA) is 53.1 Å². The molecule has 0 bridgehead atoms. The lowest BCUT2D eigenvalue weighted by Crippen LogP contribution is -1.94. The Balaban J connectivity index is 2.09. The quantitative estimate of drug-likeness (QED) is 0.727. The molecule has 3 heteroatoms. The van der Waals surface area contributed by atoms with Gasteiger partial charge in [-0.15, -0.1) is 0 Å². The number of aromatic carboxylic acids is 1. The second-order valence-corrected chi connectivity index (χ2v) is 4.60. The summed E-state index contributed by atoms with van der Waals surface area (Å²) < 4.78 is 0. The molecule has 0 aliphatic carbocycles. The van der Waals surface area contributed by atoms with Gasteiger partial charge in [0, 0.05) is 16.6 Å². The van der Waals surface area contributed by atoms with Crippen LogP contribution in [-0.4, -0.2) is 16.1 Å². The van der Waals surface area contributed by atoms with Crippen molar-refractivity contribution in [3.8, 4) is 11.3 Å². The van der Waals surface area contributed by atoms with Gasteiger partial charge in [-0.1, -0.05) is 30.3 Å². The SMILES string of the molecule is Cc1cccc2cc(-c3ccc(C(=O)O)cc3)[nH]c12. The summed E-state index contributed by atoms with van der Waals surface area (Å²) in [5.41, 5.74) is 4.61. The number of H-pyrrole nitrogens is 1. The van der Waals surface area contributed by atoms with Crippen LogP contribution in [0.15, 0.2) is 48.5 Å². The molecule has 94 valence electrons. The second kappa shape index (κ2) is 4.28. The molecule has 0 fully saturated rings. The number of carboxylic acid groups (broad SMARTS) is 1. The molecular weight excluding hydrogens is 238 g/mol. The van der Waals surface area contributed by atoms with E-state index < -0.39 is 5.97 Å². The molecule has 1 heterocycles. The van der Waals surface area contributed by atoms with Crippen molar-refractivity contribution in [2.45, 2.75) is 6.92 Å². The van der Waals surface area contributed by atoms with Crippen LogP contribution in [0.5, 0.6) is 0 Å². The van der Waals surface area contributed by atoms with Gasteiger partial charge in [0.15, 0.2) is 0 Å². The average molecular weight is 251 g/mol. The van der Waals surface area contributed by atoms with E-state index in [1.165, 1.54) is 5.56 Å². The van der Waals surface area contributed by atoms with Gasteiger partial charge in [-0.05, 0) is 36.2 Å². The number of aryl methyl sites for hydroxylation is 1. The number of carboxylic acids is 1. The van der Waals surface area contributed by atoms with Crippen molar-refractivity contribution < 1.29 is 9.90 Å². The third-order valence-electron chi connectivity index (χ3n) is 3.31. The zero-order valence-electron chi connectivity index (χ0n) is 10.5. The number of para-hydroxylation sites is 1. The summed E-state index contributed by atoms with van der Waals surface area (Å²) in [6, 6.07) is 15.1. The first-order chi connectivity index (χ1) is 9.15. The number of carbonyl (C=O) groups is 1. The fourth-order valence-corrected chi connectivity index (χ4v) is 2.26. The van der Waals surface area contributed by atoms with Crippen LogP contribution in [0.3, 0.4) is 0 Å². The minimum atomic E-state index is -0.904. The number of fused-ring (bicyclic) bond motifs is 1. The lowest BCUT2D eigenvalue weighted by Gasteiger charge is -1.99. The van der Waals surface area contributed by atoms with E-state index in [4.69, 9.17) is 5.11 Å². The first kappa shape index (κ1) is 11.5. The Kier molecular flexibility index (Phi) is 2.60. The molecule has 0 aliphatic heterocycles. The lowest BCUT2D eigenvalue weighted by atomic mass is 10.1. The van der Waals surface area contributed by atoms with Gasteiger partial charge in [0.05, 0.1) is 5.56 Å². The summed E-state index contributed by atoms with van der Waals surface area (Å²) in [5, 5.41) is 10.1. The maximum atomic E-state index is 10.8. The molecule has 19 heavy (non-hydrogen) atoms. The molecular formula is C16H13NO2. The van der Waals surface area contributed by atoms with Gasteiger partial charge in [-0.3, -0.25) is 0 Å². The van der Waals surface area contributed by atoms with Crippen LogP contribution in [0.1, 0.15) is 15.9 Å². The maximum absolute atomic E-state index is 10.8. The molecule has 3 aromatic rings. The van der Waals surface area contributed by atoms with Crippen LogP contribution in [0.2, 0.25) is 0 Å². The Morgan fingerprint density at radius 1 is 1.11 bits per heavy atom. The fraction of sp³-hybridized carbons (Fsp3) is 0.0625. The molecule has 2 N–H and O–H groups in total. The van der Waals surface area contributed by atoms with E-state index in [2.05, 4.69) is 30.1 Å². The predicted molar refractivity (Wildman–Crippen MR) is 75.4 cm³/mol. The van der Waals surface area contributed by atoms with Crippen LogP contribution in [0.25, 0.3) is 22.2 Å². The lowest BCUT2D eigenvalue weighted by molar-refractivity contribution is 0.0697. The van der Waals surface area contributed by atoms with Gasteiger partial charge in [-0.25, -0.2) is 4.79 Å². The van der Waals surface area contributed by atoms with Crippen LogP contribution < -0.4 is 0 Å². The predicted octanol–water partition coefficient (Wildman–Crippen LogP) is 3.84. The van der Waals surface area contributed by atoms with Crippen LogP contribution >= 0.6 is 0 Å². The summed E-state index contributed by atoms with van der Waals surface area (Å²) in [7, 11) is 0. The zero-order chi connectivity index (χ0) is 13.4. The number of benzene rings is 2. The largest absolute Gasteiger partial charge is 0.478 e. The maximum Gasteiger partial charge on any atom is 0.335 e. The molecule has 3 nitrogen and oxygen atoms in total. The number of aromatic nitrogens is 1. The van der Waals surface area contributed by atoms with Crippen molar-refractivity contribution in [3.05, 3.63) is 59.7 Å². The number of nitrogens with one attached hydrogen (secondary N) is 1. The van der Waals surface area contributed by atoms with E-state index in [9.17, 15) is 4.79 Å². The van der Waals surface area contributed by atoms with Gasteiger partial charge >= 0.3 is 5.97 Å². The van der Waals surface area contributed by atoms with Crippen molar-refractivity contribution in [1.29, 1.82) is 0 Å². The van der Waals surface area contributed by atoms with E-state index in [-0.39, 0.29) is 0 Å². The Labute approximate surface area is 110 Å². The normalized spacial score (nSPS) is 10.8. The second-order valence-electron chi connectivity index (χ2n) is 4.60. The van der Waals surface area contributed by atoms with E-state index in [0.717, 1.165) is 22.2 Å². The Bertz CT molecular complexity index is 754. The van der Waals surface area contributed by atoms with Gasteiger partial charge in [0.1, 0.15) is 0 Å². The third kappa shape index (κ3) is 1.99. The number of aromatic amines is 1. The Morgan fingerprint density at radius 3 is 2.47 bits per heavy atom. The van der Waals surface area contributed by atoms with Gasteiger partial charge in [0.25, 0.3) is 0 Å². The van der Waals surface area contributed by atoms with Crippen LogP contribution in [0.4, 0.5) is 0 Å². The van der Waals surface area contributed by atoms with E-state index in [1.54, 1.807) is 12.1 Å². The summed E-state index contributed by atoms with van der Waals surface area (Å²) in [5.74, 6) is -0.904. The Hall–Kier alpha value is -2.55.